The molecule has 2 N–H and O–H groups in total. The van der Waals surface area contributed by atoms with Crippen molar-refractivity contribution in [2.75, 3.05) is 7.11 Å². The molecule has 0 radical (unpaired) electrons. The first kappa shape index (κ1) is 19.1. The van der Waals surface area contributed by atoms with Crippen LogP contribution in [0.25, 0.3) is 0 Å². The molecule has 1 aromatic carbocycles. The Balaban J connectivity index is 2.00. The lowest BCUT2D eigenvalue weighted by molar-refractivity contribution is -0.130. The van der Waals surface area contributed by atoms with Crippen molar-refractivity contribution in [3.8, 4) is 5.75 Å². The molecule has 2 aliphatic carbocycles. The smallest absolute Gasteiger partial charge is 0.154 e. The number of ketones is 2. The van der Waals surface area contributed by atoms with Crippen molar-refractivity contribution >= 4 is 11.6 Å². The van der Waals surface area contributed by atoms with Crippen molar-refractivity contribution in [2.24, 2.45) is 11.3 Å². The Bertz CT molecular complexity index is 679. The molecular formula is C21H29NO4. The van der Waals surface area contributed by atoms with Crippen molar-refractivity contribution in [2.45, 2.75) is 70.8 Å². The second-order valence-corrected chi connectivity index (χ2v) is 7.64. The van der Waals surface area contributed by atoms with E-state index in [-0.39, 0.29) is 17.7 Å². The molecule has 0 saturated heterocycles. The minimum Gasteiger partial charge on any atom is -0.412 e. The molecule has 5 nitrogen and oxygen atoms in total. The van der Waals surface area contributed by atoms with E-state index < -0.39 is 11.3 Å². The number of ether oxygens (including phenoxy) is 1. The van der Waals surface area contributed by atoms with E-state index >= 15 is 0 Å². The van der Waals surface area contributed by atoms with Crippen LogP contribution in [0, 0.1) is 5.41 Å². The largest absolute Gasteiger partial charge is 0.412 e. The number of carbonyl (C=O) groups excluding carboxylic acids is 2. The van der Waals surface area contributed by atoms with E-state index in [0.717, 1.165) is 55.2 Å². The van der Waals surface area contributed by atoms with Crippen LogP contribution in [0.4, 0.5) is 0 Å². The first-order valence-corrected chi connectivity index (χ1v) is 9.61. The molecule has 2 saturated carbocycles. The molecule has 0 heterocycles. The van der Waals surface area contributed by atoms with Gasteiger partial charge in [0.1, 0.15) is 17.5 Å². The Labute approximate surface area is 155 Å². The zero-order chi connectivity index (χ0) is 18.9. The summed E-state index contributed by atoms with van der Waals surface area (Å²) in [6.07, 6.45) is 5.24. The van der Waals surface area contributed by atoms with Gasteiger partial charge in [-0.05, 0) is 67.3 Å². The van der Waals surface area contributed by atoms with Crippen molar-refractivity contribution in [3.63, 3.8) is 0 Å². The summed E-state index contributed by atoms with van der Waals surface area (Å²) in [4.78, 5) is 31.4. The summed E-state index contributed by atoms with van der Waals surface area (Å²) in [6, 6.07) is 3.73. The summed E-state index contributed by atoms with van der Waals surface area (Å²) in [5.74, 6) is 5.47. The Hall–Kier alpha value is -1.72. The predicted octanol–water partition coefficient (Wildman–Crippen LogP) is 3.26. The zero-order valence-electron chi connectivity index (χ0n) is 16.0. The number of benzene rings is 1. The van der Waals surface area contributed by atoms with Gasteiger partial charge in [-0.3, -0.25) is 9.59 Å². The average Bonchev–Trinajstić information content (AvgIpc) is 2.90. The molecule has 0 amide bonds. The fraction of sp³-hybridized carbons (Fsp3) is 0.619. The molecule has 0 bridgehead atoms. The molecule has 1 spiro atoms. The minimum absolute atomic E-state index is 0.0664. The lowest BCUT2D eigenvalue weighted by Gasteiger charge is -2.35. The van der Waals surface area contributed by atoms with E-state index in [1.807, 2.05) is 26.0 Å². The number of aryl methyl sites for hydroxylation is 2. The van der Waals surface area contributed by atoms with Crippen LogP contribution in [0.15, 0.2) is 12.1 Å². The zero-order valence-corrected chi connectivity index (χ0v) is 16.0. The second-order valence-electron chi connectivity index (χ2n) is 7.64. The summed E-state index contributed by atoms with van der Waals surface area (Å²) in [7, 11) is 1.72. The third-order valence-corrected chi connectivity index (χ3v) is 6.35. The molecule has 0 aromatic heterocycles. The van der Waals surface area contributed by atoms with Gasteiger partial charge in [0.15, 0.2) is 5.78 Å². The summed E-state index contributed by atoms with van der Waals surface area (Å²) in [5.41, 5.74) is 2.38. The maximum atomic E-state index is 13.5. The fourth-order valence-corrected chi connectivity index (χ4v) is 4.84. The lowest BCUT2D eigenvalue weighted by Crippen LogP contribution is -2.35. The van der Waals surface area contributed by atoms with Crippen LogP contribution in [-0.4, -0.2) is 24.8 Å². The molecule has 5 heteroatoms. The van der Waals surface area contributed by atoms with Crippen LogP contribution in [0.2, 0.25) is 0 Å². The predicted molar refractivity (Wildman–Crippen MR) is 99.1 cm³/mol. The Morgan fingerprint density at radius 1 is 1.12 bits per heavy atom. The summed E-state index contributed by atoms with van der Waals surface area (Å²) >= 11 is 0. The molecule has 2 aliphatic rings. The molecule has 0 aliphatic heterocycles. The lowest BCUT2D eigenvalue weighted by atomic mass is 9.70. The maximum absolute atomic E-state index is 13.5. The van der Waals surface area contributed by atoms with Crippen molar-refractivity contribution < 1.29 is 19.2 Å². The highest BCUT2D eigenvalue weighted by Gasteiger charge is 2.54. The Morgan fingerprint density at radius 3 is 2.15 bits per heavy atom. The fourth-order valence-electron chi connectivity index (χ4n) is 4.84. The van der Waals surface area contributed by atoms with E-state index in [0.29, 0.717) is 12.2 Å². The number of hydrogen-bond acceptors (Lipinski definition) is 5. The first-order chi connectivity index (χ1) is 12.5. The van der Waals surface area contributed by atoms with Crippen LogP contribution in [0.5, 0.6) is 5.75 Å². The van der Waals surface area contributed by atoms with Crippen LogP contribution in [0.3, 0.4) is 0 Å². The Morgan fingerprint density at radius 2 is 1.69 bits per heavy atom. The highest BCUT2D eigenvalue weighted by Crippen LogP contribution is 2.51. The van der Waals surface area contributed by atoms with Crippen molar-refractivity contribution in [3.05, 3.63) is 28.8 Å². The number of Topliss-reactive ketones (excluding diaryl/α,β-unsaturated/α-hetero) is 2. The summed E-state index contributed by atoms with van der Waals surface area (Å²) < 4.78 is 5.44. The highest BCUT2D eigenvalue weighted by atomic mass is 16.6. The number of methoxy groups -OCH3 is 1. The van der Waals surface area contributed by atoms with E-state index in [9.17, 15) is 9.59 Å². The first-order valence-electron chi connectivity index (χ1n) is 9.61. The summed E-state index contributed by atoms with van der Waals surface area (Å²) in [6.45, 7) is 4.06. The van der Waals surface area contributed by atoms with Gasteiger partial charge in [-0.15, -0.1) is 0 Å². The SMILES string of the molecule is CCc1cc(ON)cc(CC)c1C1C(=O)CC2(CCC(OC)CC2)C1=O. The van der Waals surface area contributed by atoms with E-state index in [1.54, 1.807) is 7.11 Å². The third kappa shape index (κ3) is 3.08. The van der Waals surface area contributed by atoms with E-state index in [1.165, 1.54) is 0 Å². The highest BCUT2D eigenvalue weighted by molar-refractivity contribution is 6.17. The molecule has 1 atom stereocenters. The number of rotatable bonds is 5. The van der Waals surface area contributed by atoms with Gasteiger partial charge in [-0.1, -0.05) is 13.8 Å². The van der Waals surface area contributed by atoms with Gasteiger partial charge in [-0.25, -0.2) is 0 Å². The van der Waals surface area contributed by atoms with Gasteiger partial charge < -0.3 is 9.57 Å². The van der Waals surface area contributed by atoms with Crippen LogP contribution in [0.1, 0.15) is 68.6 Å². The Kier molecular flexibility index (Phi) is 5.49. The monoisotopic (exact) mass is 359 g/mol. The number of nitrogens with two attached hydrogens (primary N) is 1. The quantitative estimate of drug-likeness (QED) is 0.645. The molecular weight excluding hydrogens is 330 g/mol. The average molecular weight is 359 g/mol. The minimum atomic E-state index is -0.634. The van der Waals surface area contributed by atoms with Gasteiger partial charge in [0.25, 0.3) is 0 Å². The van der Waals surface area contributed by atoms with Gasteiger partial charge in [0, 0.05) is 18.9 Å². The van der Waals surface area contributed by atoms with Gasteiger partial charge >= 0.3 is 0 Å². The van der Waals surface area contributed by atoms with Crippen LogP contribution < -0.4 is 10.7 Å². The molecule has 1 unspecified atom stereocenters. The molecule has 142 valence electrons. The third-order valence-electron chi connectivity index (χ3n) is 6.35. The van der Waals surface area contributed by atoms with Crippen LogP contribution >= 0.6 is 0 Å². The second kappa shape index (κ2) is 7.49. The topological polar surface area (TPSA) is 78.6 Å². The van der Waals surface area contributed by atoms with E-state index in [2.05, 4.69) is 0 Å². The van der Waals surface area contributed by atoms with Crippen molar-refractivity contribution in [1.82, 2.24) is 0 Å². The number of carbonyl (C=O) groups is 2. The molecule has 2 fully saturated rings. The van der Waals surface area contributed by atoms with E-state index in [4.69, 9.17) is 15.5 Å². The standard InChI is InChI=1S/C21H29NO4/c1-4-13-10-16(26-22)11-14(5-2)18(13)19-17(23)12-21(20(19)24)8-6-15(25-3)7-9-21/h10-11,15,19H,4-9,12,22H2,1-3H3. The molecule has 26 heavy (non-hydrogen) atoms. The van der Waals surface area contributed by atoms with Crippen LogP contribution in [-0.2, 0) is 27.2 Å². The maximum Gasteiger partial charge on any atom is 0.154 e. The summed E-state index contributed by atoms with van der Waals surface area (Å²) in [5, 5.41) is 0. The van der Waals surface area contributed by atoms with Gasteiger partial charge in [0.2, 0.25) is 0 Å². The van der Waals surface area contributed by atoms with Gasteiger partial charge in [0.05, 0.1) is 6.10 Å². The number of hydrogen-bond donors (Lipinski definition) is 1. The normalized spacial score (nSPS) is 28.8. The van der Waals surface area contributed by atoms with Gasteiger partial charge in [-0.2, -0.15) is 5.90 Å². The molecule has 1 aromatic rings. The molecule has 3 rings (SSSR count). The van der Waals surface area contributed by atoms with Crippen molar-refractivity contribution in [1.29, 1.82) is 0 Å².